The van der Waals surface area contributed by atoms with Gasteiger partial charge in [-0.2, -0.15) is 5.26 Å². The lowest BCUT2D eigenvalue weighted by Crippen LogP contribution is -2.34. The minimum Gasteiger partial charge on any atom is -0.256 e. The summed E-state index contributed by atoms with van der Waals surface area (Å²) in [6.45, 7) is 2.08. The van der Waals surface area contributed by atoms with Crippen LogP contribution in [0.25, 0.3) is 56.5 Å². The number of pyridine rings is 1. The summed E-state index contributed by atoms with van der Waals surface area (Å²) >= 11 is 1.72. The highest BCUT2D eigenvalue weighted by atomic mass is 32.2. The highest BCUT2D eigenvalue weighted by Gasteiger charge is 2.44. The van der Waals surface area contributed by atoms with Crippen LogP contribution < -0.4 is 0 Å². The lowest BCUT2D eigenvalue weighted by atomic mass is 9.64. The van der Waals surface area contributed by atoms with E-state index in [4.69, 9.17) is 15.0 Å². The third kappa shape index (κ3) is 6.39. The molecule has 2 aromatic heterocycles. The Morgan fingerprint density at radius 1 is 0.475 bits per heavy atom. The number of benzene rings is 7. The van der Waals surface area contributed by atoms with E-state index in [9.17, 15) is 5.26 Å². The summed E-state index contributed by atoms with van der Waals surface area (Å²) in [5, 5.41) is 10.0. The smallest absolute Gasteiger partial charge is 0.164 e. The molecular weight excluding hydrogens is 739 g/mol. The van der Waals surface area contributed by atoms with Gasteiger partial charge in [0.2, 0.25) is 0 Å². The summed E-state index contributed by atoms with van der Waals surface area (Å²) in [5.41, 5.74) is 12.6. The summed E-state index contributed by atoms with van der Waals surface area (Å²) < 4.78 is 0. The number of rotatable bonds is 7. The first-order valence-corrected chi connectivity index (χ1v) is 20.3. The second kappa shape index (κ2) is 15.1. The van der Waals surface area contributed by atoms with Crippen molar-refractivity contribution in [3.05, 3.63) is 228 Å². The average Bonchev–Trinajstić information content (AvgIpc) is 3.31. The topological polar surface area (TPSA) is 75.3 Å². The van der Waals surface area contributed by atoms with E-state index in [2.05, 4.69) is 151 Å². The standard InChI is InChI=1S/C53H35N5S/c1-35-14-13-31-55-49(35)37-24-26-39(27-25-37)51-56-50(38-15-5-2-6-16-38)57-52(58-51)44-22-12-11-21-43(44)40-28-30-46-48(33-40)59-47-32-36(34-54)23-29-45(47)53(46,41-17-7-3-8-18-41)42-19-9-4-10-20-42/h2-33H,1H3. The molecule has 0 radical (unpaired) electrons. The van der Waals surface area contributed by atoms with Crippen molar-refractivity contribution in [2.24, 2.45) is 0 Å². The first-order valence-electron chi connectivity index (χ1n) is 19.5. The van der Waals surface area contributed by atoms with Crippen molar-refractivity contribution >= 4 is 11.8 Å². The largest absolute Gasteiger partial charge is 0.256 e. The molecule has 59 heavy (non-hydrogen) atoms. The van der Waals surface area contributed by atoms with Gasteiger partial charge in [0.05, 0.1) is 22.7 Å². The number of hydrogen-bond donors (Lipinski definition) is 0. The molecular formula is C53H35N5S. The molecule has 0 spiro atoms. The Morgan fingerprint density at radius 2 is 1.00 bits per heavy atom. The molecule has 7 aromatic carbocycles. The van der Waals surface area contributed by atoms with Gasteiger partial charge in [-0.05, 0) is 70.1 Å². The lowest BCUT2D eigenvalue weighted by Gasteiger charge is -2.42. The summed E-state index contributed by atoms with van der Waals surface area (Å²) in [6.07, 6.45) is 1.83. The molecule has 0 bridgehead atoms. The van der Waals surface area contributed by atoms with Crippen molar-refractivity contribution in [2.75, 3.05) is 0 Å². The SMILES string of the molecule is Cc1cccnc1-c1ccc(-c2nc(-c3ccccc3)nc(-c3ccccc3-c3ccc4c(c3)Sc3cc(C#N)ccc3C4(c3ccccc3)c3ccccc3)n2)cc1. The number of aryl methyl sites for hydroxylation is 1. The van der Waals surface area contributed by atoms with Gasteiger partial charge in [0.15, 0.2) is 17.5 Å². The molecule has 0 saturated carbocycles. The predicted molar refractivity (Wildman–Crippen MR) is 237 cm³/mol. The highest BCUT2D eigenvalue weighted by molar-refractivity contribution is 7.99. The Balaban J connectivity index is 1.14. The fourth-order valence-electron chi connectivity index (χ4n) is 8.34. The van der Waals surface area contributed by atoms with Crippen LogP contribution in [0.15, 0.2) is 204 Å². The van der Waals surface area contributed by atoms with Crippen molar-refractivity contribution in [1.82, 2.24) is 19.9 Å². The molecule has 1 aliphatic heterocycles. The number of hydrogen-bond acceptors (Lipinski definition) is 6. The minimum atomic E-state index is -0.608. The van der Waals surface area contributed by atoms with Crippen LogP contribution >= 0.6 is 11.8 Å². The first-order chi connectivity index (χ1) is 29.1. The predicted octanol–water partition coefficient (Wildman–Crippen LogP) is 12.6. The van der Waals surface area contributed by atoms with E-state index in [1.165, 1.54) is 16.7 Å². The lowest BCUT2D eigenvalue weighted by molar-refractivity contribution is 0.702. The second-order valence-corrected chi connectivity index (χ2v) is 15.7. The van der Waals surface area contributed by atoms with Gasteiger partial charge in [-0.15, -0.1) is 0 Å². The highest BCUT2D eigenvalue weighted by Crippen LogP contribution is 2.56. The van der Waals surface area contributed by atoms with E-state index >= 15 is 0 Å². The Bertz CT molecular complexity index is 2990. The van der Waals surface area contributed by atoms with Crippen LogP contribution in [0.5, 0.6) is 0 Å². The Labute approximate surface area is 347 Å². The van der Waals surface area contributed by atoms with Gasteiger partial charge in [-0.3, -0.25) is 4.98 Å². The quantitative estimate of drug-likeness (QED) is 0.161. The van der Waals surface area contributed by atoms with Crippen LogP contribution in [0, 0.1) is 18.3 Å². The van der Waals surface area contributed by atoms with Crippen molar-refractivity contribution in [3.63, 3.8) is 0 Å². The van der Waals surface area contributed by atoms with Gasteiger partial charge in [-0.1, -0.05) is 176 Å². The van der Waals surface area contributed by atoms with Crippen LogP contribution in [-0.2, 0) is 5.41 Å². The Morgan fingerprint density at radius 3 is 1.64 bits per heavy atom. The molecule has 0 aliphatic carbocycles. The van der Waals surface area contributed by atoms with Crippen molar-refractivity contribution in [3.8, 4) is 62.6 Å². The molecule has 278 valence electrons. The fourth-order valence-corrected chi connectivity index (χ4v) is 9.61. The number of nitriles is 1. The molecule has 5 nitrogen and oxygen atoms in total. The van der Waals surface area contributed by atoms with Crippen LogP contribution in [0.1, 0.15) is 33.4 Å². The average molecular weight is 774 g/mol. The molecule has 0 N–H and O–H groups in total. The van der Waals surface area contributed by atoms with Crippen LogP contribution in [-0.4, -0.2) is 19.9 Å². The molecule has 0 atom stereocenters. The molecule has 1 aliphatic rings. The van der Waals surface area contributed by atoms with Gasteiger partial charge in [-0.25, -0.2) is 15.0 Å². The molecule has 0 unspecified atom stereocenters. The first kappa shape index (κ1) is 35.9. The van der Waals surface area contributed by atoms with E-state index in [-0.39, 0.29) is 0 Å². The third-order valence-electron chi connectivity index (χ3n) is 11.1. The number of aromatic nitrogens is 4. The third-order valence-corrected chi connectivity index (χ3v) is 12.2. The molecule has 10 rings (SSSR count). The van der Waals surface area contributed by atoms with Crippen LogP contribution in [0.2, 0.25) is 0 Å². The maximum absolute atomic E-state index is 10.0. The van der Waals surface area contributed by atoms with E-state index in [1.54, 1.807) is 11.8 Å². The van der Waals surface area contributed by atoms with Gasteiger partial charge in [0.1, 0.15) is 0 Å². The summed E-state index contributed by atoms with van der Waals surface area (Å²) in [5.74, 6) is 1.78. The summed E-state index contributed by atoms with van der Waals surface area (Å²) in [6, 6.07) is 67.5. The molecule has 3 heterocycles. The zero-order chi connectivity index (χ0) is 39.8. The molecule has 0 amide bonds. The Kier molecular flexibility index (Phi) is 9.21. The van der Waals surface area contributed by atoms with E-state index in [1.807, 2.05) is 60.8 Å². The van der Waals surface area contributed by atoms with Crippen molar-refractivity contribution < 1.29 is 0 Å². The van der Waals surface area contributed by atoms with E-state index in [0.29, 0.717) is 23.0 Å². The van der Waals surface area contributed by atoms with Crippen molar-refractivity contribution in [2.45, 2.75) is 22.1 Å². The maximum Gasteiger partial charge on any atom is 0.164 e. The molecule has 0 fully saturated rings. The maximum atomic E-state index is 10.0. The summed E-state index contributed by atoms with van der Waals surface area (Å²) in [7, 11) is 0. The number of fused-ring (bicyclic) bond motifs is 2. The monoisotopic (exact) mass is 773 g/mol. The zero-order valence-electron chi connectivity index (χ0n) is 32.1. The van der Waals surface area contributed by atoms with E-state index < -0.39 is 5.41 Å². The van der Waals surface area contributed by atoms with Gasteiger partial charge in [0.25, 0.3) is 0 Å². The fraction of sp³-hybridized carbons (Fsp3) is 0.0377. The van der Waals surface area contributed by atoms with Gasteiger partial charge < -0.3 is 0 Å². The second-order valence-electron chi connectivity index (χ2n) is 14.6. The zero-order valence-corrected chi connectivity index (χ0v) is 32.9. The molecule has 9 aromatic rings. The minimum absolute atomic E-state index is 0.589. The van der Waals surface area contributed by atoms with Crippen molar-refractivity contribution in [1.29, 1.82) is 5.26 Å². The van der Waals surface area contributed by atoms with E-state index in [0.717, 1.165) is 60.0 Å². The van der Waals surface area contributed by atoms with Gasteiger partial charge >= 0.3 is 0 Å². The molecule has 6 heteroatoms. The van der Waals surface area contributed by atoms with Crippen LogP contribution in [0.3, 0.4) is 0 Å². The van der Waals surface area contributed by atoms with Crippen LogP contribution in [0.4, 0.5) is 0 Å². The normalized spacial score (nSPS) is 12.5. The van der Waals surface area contributed by atoms with Gasteiger partial charge in [0, 0.05) is 38.2 Å². The molecule has 0 saturated heterocycles. The summed E-state index contributed by atoms with van der Waals surface area (Å²) in [4.78, 5) is 22.1. The number of nitrogens with zero attached hydrogens (tertiary/aromatic N) is 5. The Hall–Kier alpha value is -7.46.